The van der Waals surface area contributed by atoms with E-state index >= 15 is 0 Å². The third-order valence-electron chi connectivity index (χ3n) is 0.707. The van der Waals surface area contributed by atoms with Crippen molar-refractivity contribution >= 4 is 45.2 Å². The quantitative estimate of drug-likeness (QED) is 0.348. The molecule has 0 radical (unpaired) electrons. The van der Waals surface area contributed by atoms with Gasteiger partial charge >= 0.3 is 0 Å². The summed E-state index contributed by atoms with van der Waals surface area (Å²) in [5.41, 5.74) is 0. The van der Waals surface area contributed by atoms with Gasteiger partial charge in [-0.2, -0.15) is 0 Å². The molecule has 5 heavy (non-hydrogen) atoms. The molecular formula is H12Si5. The Bertz CT molecular complexity index is 7.51. The molecule has 0 aliphatic carbocycles. The Morgan fingerprint density at radius 2 is 1.40 bits per heavy atom. The predicted molar refractivity (Wildman–Crippen MR) is 45.5 cm³/mol. The van der Waals surface area contributed by atoms with Crippen molar-refractivity contribution in [3.63, 3.8) is 0 Å². The van der Waals surface area contributed by atoms with Crippen LogP contribution in [0.25, 0.3) is 0 Å². The monoisotopic (exact) mass is 152 g/mol. The van der Waals surface area contributed by atoms with Crippen molar-refractivity contribution in [2.75, 3.05) is 0 Å². The summed E-state index contributed by atoms with van der Waals surface area (Å²) in [6, 6.07) is 0. The Morgan fingerprint density at radius 3 is 1.40 bits per heavy atom. The van der Waals surface area contributed by atoms with Crippen LogP contribution in [0.5, 0.6) is 0 Å². The summed E-state index contributed by atoms with van der Waals surface area (Å²) in [6.45, 7) is 0. The minimum absolute atomic E-state index is 0.788. The third-order valence-corrected chi connectivity index (χ3v) is 57.3. The van der Waals surface area contributed by atoms with Crippen LogP contribution in [0.3, 0.4) is 0 Å². The fourth-order valence-corrected chi connectivity index (χ4v) is 85.9. The lowest BCUT2D eigenvalue weighted by molar-refractivity contribution is 4.02. The van der Waals surface area contributed by atoms with E-state index < -0.39 is 0 Å². The van der Waals surface area contributed by atoms with E-state index in [4.69, 9.17) is 0 Å². The van der Waals surface area contributed by atoms with Gasteiger partial charge in [-0.05, 0) is 45.2 Å². The van der Waals surface area contributed by atoms with Crippen LogP contribution >= 0.6 is 0 Å². The second kappa shape index (κ2) is 5.08. The van der Waals surface area contributed by atoms with Gasteiger partial charge < -0.3 is 0 Å². The Kier molecular flexibility index (Phi) is 6.19. The van der Waals surface area contributed by atoms with E-state index in [-0.39, 0.29) is 0 Å². The first kappa shape index (κ1) is 6.08. The van der Waals surface area contributed by atoms with E-state index in [2.05, 4.69) is 0 Å². The Morgan fingerprint density at radius 1 is 1.00 bits per heavy atom. The zero-order valence-electron chi connectivity index (χ0n) is 4.12. The molecule has 0 saturated heterocycles. The van der Waals surface area contributed by atoms with Gasteiger partial charge in [0.05, 0.1) is 0 Å². The van der Waals surface area contributed by atoms with Gasteiger partial charge in [-0.15, -0.1) is 0 Å². The lowest BCUT2D eigenvalue weighted by atomic mass is 26.4. The van der Waals surface area contributed by atoms with Crippen molar-refractivity contribution in [2.45, 2.75) is 0 Å². The Hall–Kier alpha value is 1.08. The molecule has 5 heteroatoms. The molecule has 0 aliphatic rings. The van der Waals surface area contributed by atoms with E-state index in [9.17, 15) is 0 Å². The summed E-state index contributed by atoms with van der Waals surface area (Å²) in [7, 11) is 5.72. The zero-order valence-corrected chi connectivity index (χ0v) is 12.4. The van der Waals surface area contributed by atoms with E-state index in [1.54, 1.807) is 19.5 Å². The van der Waals surface area contributed by atoms with Gasteiger partial charge in [0, 0.05) is 0 Å². The molecule has 0 rings (SSSR count). The maximum absolute atomic E-state index is 1.66. The highest BCUT2D eigenvalue weighted by atomic mass is 29.8. The van der Waals surface area contributed by atoms with Crippen LogP contribution in [0.4, 0.5) is 0 Å². The number of hydrogen-bond donors (Lipinski definition) is 0. The topological polar surface area (TPSA) is 0 Å². The molecule has 0 aromatic rings. The standard InChI is InChI=1S/H12Si5/c1-3-5-4-2/h3-5H2,1-2H3. The Balaban J connectivity index is 2.19. The molecule has 0 nitrogen and oxygen atoms in total. The van der Waals surface area contributed by atoms with Crippen molar-refractivity contribution < 1.29 is 0 Å². The maximum Gasteiger partial charge on any atom is -0.00943 e. The summed E-state index contributed by atoms with van der Waals surface area (Å²) >= 11 is 0. The summed E-state index contributed by atoms with van der Waals surface area (Å²) in [4.78, 5) is 0. The molecule has 0 aliphatic heterocycles. The first-order valence-electron chi connectivity index (χ1n) is 2.41. The molecule has 32 valence electrons. The Labute approximate surface area is 45.6 Å². The van der Waals surface area contributed by atoms with Crippen molar-refractivity contribution in [1.29, 1.82) is 0 Å². The van der Waals surface area contributed by atoms with E-state index in [1.165, 1.54) is 0 Å². The van der Waals surface area contributed by atoms with Crippen LogP contribution in [-0.2, 0) is 0 Å². The highest BCUT2D eigenvalue weighted by Crippen LogP contribution is 1.35. The minimum Gasteiger partial charge on any atom is -0.0120 e. The molecule has 0 heterocycles. The minimum atomic E-state index is 0.788. The SMILES string of the molecule is [SiH3][SiH2][SiH2][SiH2][SiH3]. The highest BCUT2D eigenvalue weighted by molar-refractivity contribution is 7.49. The van der Waals surface area contributed by atoms with Crippen molar-refractivity contribution in [3.05, 3.63) is 0 Å². The largest absolute Gasteiger partial charge is 0.0120 e. The van der Waals surface area contributed by atoms with E-state index in [0.29, 0.717) is 0 Å². The van der Waals surface area contributed by atoms with Crippen molar-refractivity contribution in [2.24, 2.45) is 0 Å². The first-order valence-corrected chi connectivity index (χ1v) is 21.7. The average Bonchev–Trinajstić information content (AvgIpc) is 1.41. The smallest absolute Gasteiger partial charge is 0.00943 e. The molecule has 0 atom stereocenters. The molecular weight excluding hydrogens is 140 g/mol. The van der Waals surface area contributed by atoms with Gasteiger partial charge in [-0.3, -0.25) is 0 Å². The molecule has 0 spiro atoms. The highest BCUT2D eigenvalue weighted by Gasteiger charge is 1.72. The predicted octanol–water partition coefficient (Wildman–Crippen LogP) is -5.12. The number of hydrogen-bond acceptors (Lipinski definition) is 0. The third kappa shape index (κ3) is 5.08. The van der Waals surface area contributed by atoms with Gasteiger partial charge in [0.15, 0.2) is 0 Å². The average molecular weight is 153 g/mol. The van der Waals surface area contributed by atoms with Crippen LogP contribution in [0, 0.1) is 0 Å². The van der Waals surface area contributed by atoms with Gasteiger partial charge in [0.25, 0.3) is 0 Å². The van der Waals surface area contributed by atoms with Crippen LogP contribution in [-0.4, -0.2) is 45.2 Å². The first-order chi connectivity index (χ1) is 2.41. The van der Waals surface area contributed by atoms with Crippen LogP contribution in [0.2, 0.25) is 0 Å². The molecule has 0 saturated carbocycles. The molecule has 0 N–H and O–H groups in total. The summed E-state index contributed by atoms with van der Waals surface area (Å²) in [6.07, 6.45) is 0. The second-order valence-corrected chi connectivity index (χ2v) is 36.5. The fourth-order valence-electron chi connectivity index (χ4n) is 0.354. The number of rotatable bonds is 2. The molecule has 0 fully saturated rings. The fraction of sp³-hybridized carbons (Fsp3) is 0. The van der Waals surface area contributed by atoms with E-state index in [0.717, 1.165) is 25.7 Å². The van der Waals surface area contributed by atoms with Crippen LogP contribution in [0.1, 0.15) is 0 Å². The molecule has 0 aromatic carbocycles. The van der Waals surface area contributed by atoms with Crippen LogP contribution in [0.15, 0.2) is 0 Å². The van der Waals surface area contributed by atoms with Gasteiger partial charge in [0.2, 0.25) is 0 Å². The lowest BCUT2D eigenvalue weighted by Crippen LogP contribution is -2.11. The van der Waals surface area contributed by atoms with Crippen LogP contribution < -0.4 is 0 Å². The molecule has 0 amide bonds. The molecule has 0 aromatic heterocycles. The van der Waals surface area contributed by atoms with Crippen molar-refractivity contribution in [1.82, 2.24) is 0 Å². The maximum atomic E-state index is 1.66. The lowest BCUT2D eigenvalue weighted by Gasteiger charge is -1.74. The summed E-state index contributed by atoms with van der Waals surface area (Å²) in [5.74, 6) is 0. The van der Waals surface area contributed by atoms with Gasteiger partial charge in [-0.1, -0.05) is 0 Å². The molecule has 0 unspecified atom stereocenters. The normalized spacial score (nSPS) is 16.8. The second-order valence-electron chi connectivity index (χ2n) is 1.35. The van der Waals surface area contributed by atoms with E-state index in [1.807, 2.05) is 0 Å². The molecule has 0 bridgehead atoms. The zero-order chi connectivity index (χ0) is 4.12. The summed E-state index contributed by atoms with van der Waals surface area (Å²) < 4.78 is 0. The van der Waals surface area contributed by atoms with Gasteiger partial charge in [-0.25, -0.2) is 0 Å². The summed E-state index contributed by atoms with van der Waals surface area (Å²) in [5, 5.41) is 0. The van der Waals surface area contributed by atoms with Crippen molar-refractivity contribution in [3.8, 4) is 0 Å². The van der Waals surface area contributed by atoms with Gasteiger partial charge in [0.1, 0.15) is 0 Å².